The quantitative estimate of drug-likeness (QED) is 0.573. The monoisotopic (exact) mass is 379 g/mol. The van der Waals surface area contributed by atoms with Crippen LogP contribution in [0.5, 0.6) is 0 Å². The van der Waals surface area contributed by atoms with E-state index >= 15 is 0 Å². The molecular weight excluding hydrogens is 357 g/mol. The molecule has 0 saturated heterocycles. The van der Waals surface area contributed by atoms with Crippen LogP contribution in [0.15, 0.2) is 59.2 Å². The first-order valence-corrected chi connectivity index (χ1v) is 9.00. The van der Waals surface area contributed by atoms with E-state index in [1.807, 2.05) is 25.1 Å². The SMILES string of the molecule is COC(C)c1nc(CN(Cc2ccc(C#N)cc2)Cc2cccc(F)c2)co1. The molecule has 0 fully saturated rings. The summed E-state index contributed by atoms with van der Waals surface area (Å²) in [5.41, 5.74) is 3.34. The van der Waals surface area contributed by atoms with E-state index < -0.39 is 0 Å². The van der Waals surface area contributed by atoms with Gasteiger partial charge in [0.15, 0.2) is 0 Å². The standard InChI is InChI=1S/C22H22FN3O2/c1-16(27-2)22-25-21(15-28-22)14-26(13-19-4-3-5-20(23)10-19)12-18-8-6-17(11-24)7-9-18/h3-10,15-16H,12-14H2,1-2H3. The maximum atomic E-state index is 13.6. The van der Waals surface area contributed by atoms with Crippen molar-refractivity contribution in [3.05, 3.63) is 88.9 Å². The first kappa shape index (κ1) is 19.7. The molecular formula is C22H22FN3O2. The highest BCUT2D eigenvalue weighted by molar-refractivity contribution is 5.31. The molecule has 28 heavy (non-hydrogen) atoms. The molecule has 1 unspecified atom stereocenters. The van der Waals surface area contributed by atoms with Crippen molar-refractivity contribution >= 4 is 0 Å². The Kier molecular flexibility index (Phi) is 6.53. The van der Waals surface area contributed by atoms with Crippen LogP contribution in [0, 0.1) is 17.1 Å². The fourth-order valence-electron chi connectivity index (χ4n) is 2.92. The molecule has 6 heteroatoms. The minimum absolute atomic E-state index is 0.219. The molecule has 0 aliphatic rings. The van der Waals surface area contributed by atoms with Crippen LogP contribution in [-0.2, 0) is 24.4 Å². The number of aromatic nitrogens is 1. The van der Waals surface area contributed by atoms with Gasteiger partial charge in [-0.15, -0.1) is 0 Å². The molecule has 0 saturated carbocycles. The van der Waals surface area contributed by atoms with Crippen LogP contribution in [0.2, 0.25) is 0 Å². The minimum Gasteiger partial charge on any atom is -0.446 e. The van der Waals surface area contributed by atoms with E-state index in [9.17, 15) is 4.39 Å². The fourth-order valence-corrected chi connectivity index (χ4v) is 2.92. The fraction of sp³-hybridized carbons (Fsp3) is 0.273. The third-order valence-corrected chi connectivity index (χ3v) is 4.44. The first-order valence-electron chi connectivity index (χ1n) is 9.00. The number of ether oxygens (including phenoxy) is 1. The van der Waals surface area contributed by atoms with Crippen molar-refractivity contribution in [1.29, 1.82) is 5.26 Å². The molecule has 1 atom stereocenters. The summed E-state index contributed by atoms with van der Waals surface area (Å²) in [7, 11) is 1.61. The van der Waals surface area contributed by atoms with Crippen molar-refractivity contribution in [3.8, 4) is 6.07 Å². The summed E-state index contributed by atoms with van der Waals surface area (Å²) in [6, 6.07) is 16.1. The molecule has 2 aromatic carbocycles. The van der Waals surface area contributed by atoms with E-state index in [-0.39, 0.29) is 11.9 Å². The first-order chi connectivity index (χ1) is 13.6. The Morgan fingerprint density at radius 3 is 2.57 bits per heavy atom. The topological polar surface area (TPSA) is 62.3 Å². The number of hydrogen-bond acceptors (Lipinski definition) is 5. The molecule has 0 bridgehead atoms. The van der Waals surface area contributed by atoms with Gasteiger partial charge >= 0.3 is 0 Å². The van der Waals surface area contributed by atoms with Gasteiger partial charge in [0.2, 0.25) is 5.89 Å². The highest BCUT2D eigenvalue weighted by atomic mass is 19.1. The summed E-state index contributed by atoms with van der Waals surface area (Å²) in [5.74, 6) is 0.273. The Bertz CT molecular complexity index is 947. The van der Waals surface area contributed by atoms with Crippen molar-refractivity contribution in [3.63, 3.8) is 0 Å². The molecule has 1 aromatic heterocycles. The van der Waals surface area contributed by atoms with Crippen LogP contribution in [0.25, 0.3) is 0 Å². The third kappa shape index (κ3) is 5.26. The molecule has 3 aromatic rings. The second-order valence-electron chi connectivity index (χ2n) is 6.64. The lowest BCUT2D eigenvalue weighted by atomic mass is 10.1. The van der Waals surface area contributed by atoms with Crippen LogP contribution in [0.4, 0.5) is 4.39 Å². The molecule has 0 radical (unpaired) electrons. The van der Waals surface area contributed by atoms with Gasteiger partial charge in [0, 0.05) is 26.7 Å². The van der Waals surface area contributed by atoms with Gasteiger partial charge in [-0.05, 0) is 42.3 Å². The largest absolute Gasteiger partial charge is 0.446 e. The van der Waals surface area contributed by atoms with E-state index in [0.717, 1.165) is 16.8 Å². The number of halogens is 1. The van der Waals surface area contributed by atoms with Gasteiger partial charge in [-0.3, -0.25) is 4.90 Å². The van der Waals surface area contributed by atoms with E-state index in [0.29, 0.717) is 31.1 Å². The van der Waals surface area contributed by atoms with Crippen LogP contribution in [0.3, 0.4) is 0 Å². The van der Waals surface area contributed by atoms with Gasteiger partial charge in [-0.2, -0.15) is 5.26 Å². The Labute approximate surface area is 164 Å². The number of rotatable bonds is 8. The van der Waals surface area contributed by atoms with Gasteiger partial charge in [0.25, 0.3) is 0 Å². The van der Waals surface area contributed by atoms with Crippen molar-refractivity contribution in [2.75, 3.05) is 7.11 Å². The van der Waals surface area contributed by atoms with Crippen LogP contribution in [0.1, 0.15) is 41.3 Å². The molecule has 5 nitrogen and oxygen atoms in total. The summed E-state index contributed by atoms with van der Waals surface area (Å²) in [4.78, 5) is 6.65. The summed E-state index contributed by atoms with van der Waals surface area (Å²) in [6.07, 6.45) is 1.41. The average molecular weight is 379 g/mol. The zero-order chi connectivity index (χ0) is 19.9. The maximum absolute atomic E-state index is 13.6. The van der Waals surface area contributed by atoms with Gasteiger partial charge in [-0.25, -0.2) is 9.37 Å². The molecule has 0 aliphatic heterocycles. The Morgan fingerprint density at radius 2 is 1.89 bits per heavy atom. The Morgan fingerprint density at radius 1 is 1.14 bits per heavy atom. The number of hydrogen-bond donors (Lipinski definition) is 0. The molecule has 1 heterocycles. The predicted molar refractivity (Wildman–Crippen MR) is 102 cm³/mol. The Balaban J connectivity index is 1.78. The molecule has 0 spiro atoms. The van der Waals surface area contributed by atoms with Crippen LogP contribution < -0.4 is 0 Å². The second-order valence-corrected chi connectivity index (χ2v) is 6.64. The van der Waals surface area contributed by atoms with Gasteiger partial charge in [0.05, 0.1) is 17.3 Å². The molecule has 144 valence electrons. The lowest BCUT2D eigenvalue weighted by Gasteiger charge is -2.21. The van der Waals surface area contributed by atoms with E-state index in [4.69, 9.17) is 14.4 Å². The van der Waals surface area contributed by atoms with Gasteiger partial charge in [0.1, 0.15) is 18.2 Å². The number of oxazole rings is 1. The van der Waals surface area contributed by atoms with Gasteiger partial charge in [-0.1, -0.05) is 24.3 Å². The van der Waals surface area contributed by atoms with E-state index in [1.165, 1.54) is 12.1 Å². The maximum Gasteiger partial charge on any atom is 0.223 e. The third-order valence-electron chi connectivity index (χ3n) is 4.44. The molecule has 0 N–H and O–H groups in total. The van der Waals surface area contributed by atoms with E-state index in [2.05, 4.69) is 16.0 Å². The lowest BCUT2D eigenvalue weighted by Crippen LogP contribution is -2.22. The highest BCUT2D eigenvalue weighted by Crippen LogP contribution is 2.18. The zero-order valence-corrected chi connectivity index (χ0v) is 15.9. The molecule has 3 rings (SSSR count). The van der Waals surface area contributed by atoms with Gasteiger partial charge < -0.3 is 9.15 Å². The van der Waals surface area contributed by atoms with Crippen molar-refractivity contribution < 1.29 is 13.5 Å². The van der Waals surface area contributed by atoms with Crippen molar-refractivity contribution in [1.82, 2.24) is 9.88 Å². The highest BCUT2D eigenvalue weighted by Gasteiger charge is 2.15. The lowest BCUT2D eigenvalue weighted by molar-refractivity contribution is 0.0947. The Hall–Kier alpha value is -3.01. The summed E-state index contributed by atoms with van der Waals surface area (Å²) in [6.45, 7) is 3.59. The summed E-state index contributed by atoms with van der Waals surface area (Å²) >= 11 is 0. The van der Waals surface area contributed by atoms with Crippen LogP contribution in [-0.4, -0.2) is 17.0 Å². The number of nitrogens with zero attached hydrogens (tertiary/aromatic N) is 3. The molecule has 0 amide bonds. The minimum atomic E-state index is -0.256. The number of benzene rings is 2. The number of methoxy groups -OCH3 is 1. The predicted octanol–water partition coefficient (Wildman–Crippen LogP) is 4.60. The van der Waals surface area contributed by atoms with Crippen molar-refractivity contribution in [2.24, 2.45) is 0 Å². The average Bonchev–Trinajstić information content (AvgIpc) is 3.16. The summed E-state index contributed by atoms with van der Waals surface area (Å²) < 4.78 is 24.3. The second kappa shape index (κ2) is 9.27. The van der Waals surface area contributed by atoms with Crippen molar-refractivity contribution in [2.45, 2.75) is 32.7 Å². The smallest absolute Gasteiger partial charge is 0.223 e. The summed E-state index contributed by atoms with van der Waals surface area (Å²) in [5, 5.41) is 8.97. The zero-order valence-electron chi connectivity index (χ0n) is 15.9. The van der Waals surface area contributed by atoms with E-state index in [1.54, 1.807) is 31.6 Å². The number of nitriles is 1. The van der Waals surface area contributed by atoms with Crippen LogP contribution >= 0.6 is 0 Å². The molecule has 0 aliphatic carbocycles. The normalized spacial score (nSPS) is 12.1.